The summed E-state index contributed by atoms with van der Waals surface area (Å²) < 4.78 is 15.9. The number of hydrogen-bond donors (Lipinski definition) is 1. The molecule has 6 nitrogen and oxygen atoms in total. The van der Waals surface area contributed by atoms with Gasteiger partial charge in [-0.1, -0.05) is 0 Å². The molecule has 122 valence electrons. The van der Waals surface area contributed by atoms with Gasteiger partial charge < -0.3 is 19.5 Å². The summed E-state index contributed by atoms with van der Waals surface area (Å²) in [6.45, 7) is 0. The molecule has 4 rings (SSSR count). The molecular formula is C17H19NO5. The summed E-state index contributed by atoms with van der Waals surface area (Å²) in [4.78, 5) is 24.8. The third kappa shape index (κ3) is 2.08. The molecule has 3 aliphatic rings. The van der Waals surface area contributed by atoms with Crippen molar-refractivity contribution in [1.29, 1.82) is 0 Å². The third-order valence-electron chi connectivity index (χ3n) is 5.45. The van der Waals surface area contributed by atoms with Crippen molar-refractivity contribution in [3.63, 3.8) is 0 Å². The number of nitrogens with one attached hydrogen (secondary N) is 1. The molecule has 1 heterocycles. The fraction of sp³-hybridized carbons (Fsp3) is 0.529. The first kappa shape index (κ1) is 14.4. The first-order valence-corrected chi connectivity index (χ1v) is 7.85. The highest BCUT2D eigenvalue weighted by atomic mass is 16.6. The van der Waals surface area contributed by atoms with Gasteiger partial charge in [-0.2, -0.15) is 0 Å². The van der Waals surface area contributed by atoms with Crippen LogP contribution in [0.2, 0.25) is 0 Å². The third-order valence-corrected chi connectivity index (χ3v) is 5.45. The molecule has 1 aromatic carbocycles. The fourth-order valence-electron chi connectivity index (χ4n) is 4.48. The molecule has 2 saturated carbocycles. The Kier molecular flexibility index (Phi) is 3.21. The molecular weight excluding hydrogens is 298 g/mol. The molecule has 0 spiro atoms. The number of anilines is 1. The van der Waals surface area contributed by atoms with Crippen LogP contribution in [-0.2, 0) is 14.3 Å². The molecule has 1 saturated heterocycles. The number of ether oxygens (including phenoxy) is 3. The van der Waals surface area contributed by atoms with E-state index in [1.54, 1.807) is 32.4 Å². The van der Waals surface area contributed by atoms with Crippen molar-refractivity contribution in [3.05, 3.63) is 18.2 Å². The Balaban J connectivity index is 1.56. The van der Waals surface area contributed by atoms with Crippen molar-refractivity contribution in [2.45, 2.75) is 18.9 Å². The van der Waals surface area contributed by atoms with Crippen molar-refractivity contribution in [2.75, 3.05) is 19.5 Å². The van der Waals surface area contributed by atoms with Gasteiger partial charge >= 0.3 is 5.97 Å². The lowest BCUT2D eigenvalue weighted by Gasteiger charge is -2.24. The summed E-state index contributed by atoms with van der Waals surface area (Å²) in [5.41, 5.74) is 0.587. The monoisotopic (exact) mass is 317 g/mol. The lowest BCUT2D eigenvalue weighted by atomic mass is 9.79. The summed E-state index contributed by atoms with van der Waals surface area (Å²) in [5.74, 6) is 0.757. The van der Waals surface area contributed by atoms with Crippen molar-refractivity contribution in [1.82, 2.24) is 0 Å². The number of rotatable bonds is 4. The van der Waals surface area contributed by atoms with E-state index < -0.39 is 0 Å². The zero-order valence-corrected chi connectivity index (χ0v) is 13.1. The van der Waals surface area contributed by atoms with Gasteiger partial charge in [0, 0.05) is 12.0 Å². The molecule has 1 amide bonds. The van der Waals surface area contributed by atoms with Crippen LogP contribution in [0.15, 0.2) is 18.2 Å². The van der Waals surface area contributed by atoms with Gasteiger partial charge in [-0.05, 0) is 30.9 Å². The highest BCUT2D eigenvalue weighted by Gasteiger charge is 2.63. The average Bonchev–Trinajstić information content (AvgIpc) is 3.16. The molecule has 5 unspecified atom stereocenters. The Hall–Kier alpha value is -2.24. The van der Waals surface area contributed by atoms with Crippen LogP contribution in [0.3, 0.4) is 0 Å². The number of benzene rings is 1. The lowest BCUT2D eigenvalue weighted by Crippen LogP contribution is -2.35. The van der Waals surface area contributed by atoms with Crippen LogP contribution in [0.5, 0.6) is 11.5 Å². The van der Waals surface area contributed by atoms with E-state index in [1.807, 2.05) is 0 Å². The molecule has 2 bridgehead atoms. The van der Waals surface area contributed by atoms with Crippen molar-refractivity contribution >= 4 is 17.6 Å². The normalized spacial score (nSPS) is 33.5. The minimum Gasteiger partial charge on any atom is -0.497 e. The van der Waals surface area contributed by atoms with Crippen LogP contribution >= 0.6 is 0 Å². The number of hydrogen-bond acceptors (Lipinski definition) is 5. The van der Waals surface area contributed by atoms with Crippen LogP contribution in [0.1, 0.15) is 12.8 Å². The van der Waals surface area contributed by atoms with Crippen LogP contribution in [-0.4, -0.2) is 32.2 Å². The van der Waals surface area contributed by atoms with E-state index in [4.69, 9.17) is 14.2 Å². The minimum atomic E-state index is -0.293. The molecule has 5 atom stereocenters. The van der Waals surface area contributed by atoms with Crippen molar-refractivity contribution < 1.29 is 23.8 Å². The van der Waals surface area contributed by atoms with E-state index >= 15 is 0 Å². The van der Waals surface area contributed by atoms with Gasteiger partial charge in [0.1, 0.15) is 17.6 Å². The van der Waals surface area contributed by atoms with Crippen LogP contribution < -0.4 is 14.8 Å². The van der Waals surface area contributed by atoms with Crippen LogP contribution in [0, 0.1) is 23.7 Å². The quantitative estimate of drug-likeness (QED) is 0.858. The Morgan fingerprint density at radius 2 is 2.09 bits per heavy atom. The van der Waals surface area contributed by atoms with E-state index in [-0.39, 0.29) is 41.7 Å². The van der Waals surface area contributed by atoms with Crippen molar-refractivity contribution in [2.24, 2.45) is 23.7 Å². The van der Waals surface area contributed by atoms with Crippen molar-refractivity contribution in [3.8, 4) is 11.5 Å². The number of carbonyl (C=O) groups excluding carboxylic acids is 2. The van der Waals surface area contributed by atoms with E-state index in [0.717, 1.165) is 12.8 Å². The maximum absolute atomic E-state index is 12.8. The molecule has 3 fully saturated rings. The average molecular weight is 317 g/mol. The number of carbonyl (C=O) groups is 2. The van der Waals surface area contributed by atoms with Gasteiger partial charge in [-0.3, -0.25) is 9.59 Å². The standard InChI is InChI=1S/C17H19NO5/c1-21-9-3-4-11(13(7-9)22-2)18-16(19)14-8-5-10-12(6-8)23-17(20)15(10)14/h3-4,7-8,10,12,14-15H,5-6H2,1-2H3,(H,18,19). The van der Waals surface area contributed by atoms with Gasteiger partial charge in [0.25, 0.3) is 0 Å². The first-order chi connectivity index (χ1) is 11.1. The maximum atomic E-state index is 12.8. The predicted molar refractivity (Wildman–Crippen MR) is 81.2 cm³/mol. The van der Waals surface area contributed by atoms with Gasteiger partial charge in [-0.15, -0.1) is 0 Å². The highest BCUT2D eigenvalue weighted by Crippen LogP contribution is 2.57. The van der Waals surface area contributed by atoms with E-state index in [1.165, 1.54) is 0 Å². The Bertz CT molecular complexity index is 671. The van der Waals surface area contributed by atoms with Gasteiger partial charge in [0.2, 0.25) is 5.91 Å². The molecule has 23 heavy (non-hydrogen) atoms. The number of esters is 1. The van der Waals surface area contributed by atoms with E-state index in [9.17, 15) is 9.59 Å². The van der Waals surface area contributed by atoms with Gasteiger partial charge in [0.15, 0.2) is 0 Å². The van der Waals surface area contributed by atoms with E-state index in [0.29, 0.717) is 17.2 Å². The predicted octanol–water partition coefficient (Wildman–Crippen LogP) is 1.84. The summed E-state index contributed by atoms with van der Waals surface area (Å²) in [7, 11) is 3.12. The highest BCUT2D eigenvalue weighted by molar-refractivity contribution is 5.98. The number of amides is 1. The molecule has 6 heteroatoms. The SMILES string of the molecule is COc1ccc(NC(=O)C2C3CC4OC(=O)C2C4C3)c(OC)c1. The summed E-state index contributed by atoms with van der Waals surface area (Å²) in [5, 5.41) is 2.92. The summed E-state index contributed by atoms with van der Waals surface area (Å²) in [6.07, 6.45) is 1.76. The van der Waals surface area contributed by atoms with Gasteiger partial charge in [0.05, 0.1) is 31.7 Å². The van der Waals surface area contributed by atoms with Crippen LogP contribution in [0.4, 0.5) is 5.69 Å². The smallest absolute Gasteiger partial charge is 0.310 e. The minimum absolute atomic E-state index is 0.0390. The molecule has 1 N–H and O–H groups in total. The number of fused-ring (bicyclic) bond motifs is 1. The Morgan fingerprint density at radius 3 is 2.83 bits per heavy atom. The maximum Gasteiger partial charge on any atom is 0.310 e. The van der Waals surface area contributed by atoms with Gasteiger partial charge in [-0.25, -0.2) is 0 Å². The zero-order chi connectivity index (χ0) is 16.1. The molecule has 1 aliphatic heterocycles. The fourth-order valence-corrected chi connectivity index (χ4v) is 4.48. The second-order valence-corrected chi connectivity index (χ2v) is 6.48. The Labute approximate surface area is 134 Å². The van der Waals surface area contributed by atoms with Crippen LogP contribution in [0.25, 0.3) is 0 Å². The molecule has 0 radical (unpaired) electrons. The number of methoxy groups -OCH3 is 2. The second kappa shape index (κ2) is 5.15. The summed E-state index contributed by atoms with van der Waals surface area (Å²) >= 11 is 0. The van der Waals surface area contributed by atoms with E-state index in [2.05, 4.69) is 5.32 Å². The molecule has 1 aromatic rings. The Morgan fingerprint density at radius 1 is 1.26 bits per heavy atom. The molecule has 2 aliphatic carbocycles. The largest absolute Gasteiger partial charge is 0.497 e. The molecule has 0 aromatic heterocycles. The topological polar surface area (TPSA) is 73.9 Å². The second-order valence-electron chi connectivity index (χ2n) is 6.48. The first-order valence-electron chi connectivity index (χ1n) is 7.85. The lowest BCUT2D eigenvalue weighted by molar-refractivity contribution is -0.145. The zero-order valence-electron chi connectivity index (χ0n) is 13.1. The summed E-state index contributed by atoms with van der Waals surface area (Å²) in [6, 6.07) is 5.23.